The smallest absolute Gasteiger partial charge is 0.317 e. The van der Waals surface area contributed by atoms with E-state index >= 15 is 0 Å². The molecule has 0 atom stereocenters. The monoisotopic (exact) mass is 292 g/mol. The lowest BCUT2D eigenvalue weighted by atomic mass is 10.1. The van der Waals surface area contributed by atoms with Crippen LogP contribution in [-0.2, 0) is 4.79 Å². The van der Waals surface area contributed by atoms with Gasteiger partial charge in [-0.2, -0.15) is 0 Å². The van der Waals surface area contributed by atoms with Gasteiger partial charge < -0.3 is 20.1 Å². The van der Waals surface area contributed by atoms with Gasteiger partial charge in [0, 0.05) is 51.5 Å². The lowest BCUT2D eigenvalue weighted by Gasteiger charge is -2.32. The largest absolute Gasteiger partial charge is 0.356 e. The molecule has 1 aliphatic rings. The SMILES string of the molecule is CC(=O)NCCCNC(=O)N1CCC(n2cccc2)CC1. The van der Waals surface area contributed by atoms with Crippen LogP contribution in [0.5, 0.6) is 0 Å². The fraction of sp³-hybridized carbons (Fsp3) is 0.600. The highest BCUT2D eigenvalue weighted by atomic mass is 16.2. The van der Waals surface area contributed by atoms with E-state index in [1.54, 1.807) is 0 Å². The Balaban J connectivity index is 1.63. The normalized spacial score (nSPS) is 15.8. The number of carbonyl (C=O) groups excluding carboxylic acids is 2. The van der Waals surface area contributed by atoms with Crippen LogP contribution < -0.4 is 10.6 Å². The van der Waals surface area contributed by atoms with E-state index in [1.165, 1.54) is 6.92 Å². The Bertz CT molecular complexity index is 450. The van der Waals surface area contributed by atoms with Crippen LogP contribution in [0.25, 0.3) is 0 Å². The minimum Gasteiger partial charge on any atom is -0.356 e. The van der Waals surface area contributed by atoms with Crippen LogP contribution in [0.15, 0.2) is 24.5 Å². The first-order chi connectivity index (χ1) is 10.2. The van der Waals surface area contributed by atoms with Gasteiger partial charge in [-0.3, -0.25) is 4.79 Å². The summed E-state index contributed by atoms with van der Waals surface area (Å²) in [6.07, 6.45) is 6.91. The van der Waals surface area contributed by atoms with Gasteiger partial charge in [0.1, 0.15) is 0 Å². The van der Waals surface area contributed by atoms with Gasteiger partial charge in [-0.05, 0) is 31.4 Å². The second-order valence-electron chi connectivity index (χ2n) is 5.42. The number of rotatable bonds is 5. The maximum Gasteiger partial charge on any atom is 0.317 e. The number of nitrogens with one attached hydrogen (secondary N) is 2. The maximum absolute atomic E-state index is 12.0. The molecule has 6 nitrogen and oxygen atoms in total. The number of likely N-dealkylation sites (tertiary alicyclic amines) is 1. The molecule has 6 heteroatoms. The van der Waals surface area contributed by atoms with Crippen LogP contribution in [0, 0.1) is 0 Å². The van der Waals surface area contributed by atoms with Gasteiger partial charge >= 0.3 is 6.03 Å². The molecule has 1 saturated heterocycles. The van der Waals surface area contributed by atoms with Crippen LogP contribution in [0.3, 0.4) is 0 Å². The van der Waals surface area contributed by atoms with Gasteiger partial charge in [-0.15, -0.1) is 0 Å². The van der Waals surface area contributed by atoms with Crippen LogP contribution >= 0.6 is 0 Å². The summed E-state index contributed by atoms with van der Waals surface area (Å²) >= 11 is 0. The predicted molar refractivity (Wildman–Crippen MR) is 81.0 cm³/mol. The maximum atomic E-state index is 12.0. The Labute approximate surface area is 125 Å². The van der Waals surface area contributed by atoms with E-state index < -0.39 is 0 Å². The fourth-order valence-electron chi connectivity index (χ4n) is 2.62. The van der Waals surface area contributed by atoms with Crippen molar-refractivity contribution in [2.75, 3.05) is 26.2 Å². The van der Waals surface area contributed by atoms with Crippen molar-refractivity contribution in [3.63, 3.8) is 0 Å². The third kappa shape index (κ3) is 4.81. The first-order valence-corrected chi connectivity index (χ1v) is 7.56. The number of hydrogen-bond acceptors (Lipinski definition) is 2. The van der Waals surface area contributed by atoms with Crippen molar-refractivity contribution in [1.29, 1.82) is 0 Å². The van der Waals surface area contributed by atoms with E-state index in [2.05, 4.69) is 27.6 Å². The molecule has 0 bridgehead atoms. The fourth-order valence-corrected chi connectivity index (χ4v) is 2.62. The van der Waals surface area contributed by atoms with E-state index in [1.807, 2.05) is 17.0 Å². The average Bonchev–Trinajstić information content (AvgIpc) is 3.01. The number of piperidine rings is 1. The van der Waals surface area contributed by atoms with E-state index in [9.17, 15) is 9.59 Å². The van der Waals surface area contributed by atoms with Crippen molar-refractivity contribution in [3.8, 4) is 0 Å². The van der Waals surface area contributed by atoms with Crippen molar-refractivity contribution < 1.29 is 9.59 Å². The predicted octanol–water partition coefficient (Wildman–Crippen LogP) is 1.36. The van der Waals surface area contributed by atoms with Crippen LogP contribution in [0.4, 0.5) is 4.79 Å². The van der Waals surface area contributed by atoms with Crippen LogP contribution in [0.1, 0.15) is 32.2 Å². The summed E-state index contributed by atoms with van der Waals surface area (Å²) < 4.78 is 2.22. The molecule has 0 saturated carbocycles. The topological polar surface area (TPSA) is 66.4 Å². The standard InChI is InChI=1S/C15H24N4O2/c1-13(20)16-7-4-8-17-15(21)19-11-5-14(6-12-19)18-9-2-3-10-18/h2-3,9-10,14H,4-8,11-12H2,1H3,(H,16,20)(H,17,21). The van der Waals surface area contributed by atoms with E-state index in [-0.39, 0.29) is 11.9 Å². The number of urea groups is 1. The van der Waals surface area contributed by atoms with E-state index in [4.69, 9.17) is 0 Å². The van der Waals surface area contributed by atoms with Crippen molar-refractivity contribution in [1.82, 2.24) is 20.1 Å². The first-order valence-electron chi connectivity index (χ1n) is 7.56. The zero-order valence-electron chi connectivity index (χ0n) is 12.5. The number of aromatic nitrogens is 1. The summed E-state index contributed by atoms with van der Waals surface area (Å²) in [5.74, 6) is -0.0339. The molecule has 0 aromatic carbocycles. The van der Waals surface area contributed by atoms with E-state index in [0.717, 1.165) is 32.4 Å². The molecule has 0 radical (unpaired) electrons. The molecule has 2 N–H and O–H groups in total. The number of carbonyl (C=O) groups is 2. The molecule has 2 rings (SSSR count). The van der Waals surface area contributed by atoms with Crippen molar-refractivity contribution in [2.45, 2.75) is 32.2 Å². The molecule has 116 valence electrons. The van der Waals surface area contributed by atoms with Gasteiger partial charge in [0.25, 0.3) is 0 Å². The molecule has 1 aromatic heterocycles. The summed E-state index contributed by atoms with van der Waals surface area (Å²) in [5.41, 5.74) is 0. The van der Waals surface area contributed by atoms with Crippen LogP contribution in [-0.4, -0.2) is 47.6 Å². The van der Waals surface area contributed by atoms with Gasteiger partial charge in [0.05, 0.1) is 0 Å². The molecular weight excluding hydrogens is 268 g/mol. The molecule has 1 aliphatic heterocycles. The number of hydrogen-bond donors (Lipinski definition) is 2. The van der Waals surface area contributed by atoms with Crippen molar-refractivity contribution in [3.05, 3.63) is 24.5 Å². The molecule has 3 amide bonds. The van der Waals surface area contributed by atoms with Gasteiger partial charge in [0.15, 0.2) is 0 Å². The summed E-state index contributed by atoms with van der Waals surface area (Å²) in [5, 5.41) is 5.62. The number of nitrogens with zero attached hydrogens (tertiary/aromatic N) is 2. The van der Waals surface area contributed by atoms with Gasteiger partial charge in [-0.1, -0.05) is 0 Å². The Morgan fingerprint density at radius 3 is 2.33 bits per heavy atom. The third-order valence-electron chi connectivity index (χ3n) is 3.80. The van der Waals surface area contributed by atoms with Crippen molar-refractivity contribution in [2.24, 2.45) is 0 Å². The first kappa shape index (κ1) is 15.4. The second-order valence-corrected chi connectivity index (χ2v) is 5.42. The Morgan fingerprint density at radius 2 is 1.71 bits per heavy atom. The average molecular weight is 292 g/mol. The molecule has 21 heavy (non-hydrogen) atoms. The highest BCUT2D eigenvalue weighted by molar-refractivity contribution is 5.74. The summed E-state index contributed by atoms with van der Waals surface area (Å²) in [6, 6.07) is 4.58. The third-order valence-corrected chi connectivity index (χ3v) is 3.80. The molecule has 0 aliphatic carbocycles. The Hall–Kier alpha value is -1.98. The molecule has 1 aromatic rings. The van der Waals surface area contributed by atoms with Crippen LogP contribution in [0.2, 0.25) is 0 Å². The zero-order chi connectivity index (χ0) is 15.1. The lowest BCUT2D eigenvalue weighted by Crippen LogP contribution is -2.45. The highest BCUT2D eigenvalue weighted by Gasteiger charge is 2.22. The summed E-state index contributed by atoms with van der Waals surface area (Å²) in [4.78, 5) is 24.6. The minimum absolute atomic E-state index is 0.00350. The van der Waals surface area contributed by atoms with Crippen molar-refractivity contribution >= 4 is 11.9 Å². The van der Waals surface area contributed by atoms with Gasteiger partial charge in [0.2, 0.25) is 5.91 Å². The second kappa shape index (κ2) is 7.71. The molecule has 0 unspecified atom stereocenters. The number of amides is 3. The van der Waals surface area contributed by atoms with Gasteiger partial charge in [-0.25, -0.2) is 4.79 Å². The molecule has 0 spiro atoms. The summed E-state index contributed by atoms with van der Waals surface area (Å²) in [6.45, 7) is 4.27. The summed E-state index contributed by atoms with van der Waals surface area (Å²) in [7, 11) is 0. The minimum atomic E-state index is -0.0339. The molecule has 2 heterocycles. The Morgan fingerprint density at radius 1 is 1.10 bits per heavy atom. The van der Waals surface area contributed by atoms with E-state index in [0.29, 0.717) is 19.1 Å². The quantitative estimate of drug-likeness (QED) is 0.805. The molecule has 1 fully saturated rings. The lowest BCUT2D eigenvalue weighted by molar-refractivity contribution is -0.118. The Kier molecular flexibility index (Phi) is 5.66. The highest BCUT2D eigenvalue weighted by Crippen LogP contribution is 2.22. The molecular formula is C15H24N4O2. The zero-order valence-corrected chi connectivity index (χ0v) is 12.5.